The zero-order valence-corrected chi connectivity index (χ0v) is 10.0. The second-order valence-corrected chi connectivity index (χ2v) is 6.50. The lowest BCUT2D eigenvalue weighted by atomic mass is 9.85. The lowest BCUT2D eigenvalue weighted by Crippen LogP contribution is -2.27. The van der Waals surface area contributed by atoms with Gasteiger partial charge in [-0.05, 0) is 36.7 Å². The van der Waals surface area contributed by atoms with Gasteiger partial charge in [-0.25, -0.2) is 0 Å². The van der Waals surface area contributed by atoms with Crippen molar-refractivity contribution < 1.29 is 25.8 Å². The Labute approximate surface area is 102 Å². The van der Waals surface area contributed by atoms with Crippen molar-refractivity contribution >= 4 is 10.1 Å². The van der Waals surface area contributed by atoms with E-state index in [4.69, 9.17) is 0 Å². The molecule has 0 aliphatic heterocycles. The highest BCUT2D eigenvalue weighted by atomic mass is 32.2. The molecule has 1 saturated carbocycles. The van der Waals surface area contributed by atoms with E-state index in [0.717, 1.165) is 6.42 Å². The summed E-state index contributed by atoms with van der Waals surface area (Å²) < 4.78 is 63.1. The summed E-state index contributed by atoms with van der Waals surface area (Å²) in [4.78, 5) is 0. The van der Waals surface area contributed by atoms with Crippen LogP contribution in [0.2, 0.25) is 0 Å². The highest BCUT2D eigenvalue weighted by Gasteiger charge is 2.54. The first-order valence-electron chi connectivity index (χ1n) is 5.69. The fraction of sp³-hybridized carbons (Fsp3) is 0.636. The van der Waals surface area contributed by atoms with Crippen molar-refractivity contribution in [2.45, 2.75) is 18.3 Å². The van der Waals surface area contributed by atoms with Gasteiger partial charge in [0.05, 0.1) is 0 Å². The van der Waals surface area contributed by atoms with Crippen LogP contribution in [0.25, 0.3) is 0 Å². The second-order valence-electron chi connectivity index (χ2n) is 4.96. The average Bonchev–Trinajstić information content (AvgIpc) is 2.87. The van der Waals surface area contributed by atoms with E-state index in [1.807, 2.05) is 6.08 Å². The lowest BCUT2D eigenvalue weighted by Gasteiger charge is -2.23. The van der Waals surface area contributed by atoms with Crippen LogP contribution in [0, 0.1) is 23.7 Å². The Bertz CT molecular complexity index is 532. The predicted octanol–water partition coefficient (Wildman–Crippen LogP) is 2.58. The molecule has 0 amide bonds. The molecule has 3 nitrogen and oxygen atoms in total. The maximum atomic E-state index is 12.3. The van der Waals surface area contributed by atoms with Crippen molar-refractivity contribution in [3.8, 4) is 0 Å². The Balaban J connectivity index is 1.82. The van der Waals surface area contributed by atoms with Gasteiger partial charge in [-0.2, -0.15) is 21.6 Å². The van der Waals surface area contributed by atoms with Crippen LogP contribution < -0.4 is 0 Å². The molecular formula is C11H11F3O3S. The first kappa shape index (κ1) is 12.1. The molecule has 0 heterocycles. The molecule has 0 N–H and O–H groups in total. The molecule has 0 aromatic heterocycles. The molecule has 2 bridgehead atoms. The summed E-state index contributed by atoms with van der Waals surface area (Å²) in [6, 6.07) is 0. The molecule has 3 aliphatic rings. The van der Waals surface area contributed by atoms with Gasteiger partial charge in [-0.1, -0.05) is 12.2 Å². The Morgan fingerprint density at radius 1 is 1.22 bits per heavy atom. The number of halogens is 3. The van der Waals surface area contributed by atoms with Gasteiger partial charge < -0.3 is 4.18 Å². The SMILES string of the molecule is O=S(=O)(OC1=CC[C@H]2[C@@H]1[C@H]1C=C[C@@H]2C1)C(F)(F)F. The highest BCUT2D eigenvalue weighted by molar-refractivity contribution is 7.87. The molecule has 3 rings (SSSR count). The fourth-order valence-electron chi connectivity index (χ4n) is 3.32. The zero-order chi connectivity index (χ0) is 13.1. The molecule has 0 radical (unpaired) electrons. The summed E-state index contributed by atoms with van der Waals surface area (Å²) in [7, 11) is -5.53. The summed E-state index contributed by atoms with van der Waals surface area (Å²) in [5.41, 5.74) is -5.36. The molecule has 0 aromatic rings. The fourth-order valence-corrected chi connectivity index (χ4v) is 3.85. The maximum absolute atomic E-state index is 12.3. The molecule has 0 saturated heterocycles. The third kappa shape index (κ3) is 1.60. The Hall–Kier alpha value is -0.980. The summed E-state index contributed by atoms with van der Waals surface area (Å²) >= 11 is 0. The number of allylic oxidation sites excluding steroid dienone is 4. The molecular weight excluding hydrogens is 269 g/mol. The Morgan fingerprint density at radius 3 is 2.56 bits per heavy atom. The summed E-state index contributed by atoms with van der Waals surface area (Å²) in [6.07, 6.45) is 7.00. The summed E-state index contributed by atoms with van der Waals surface area (Å²) in [5.74, 6) is 0.466. The predicted molar refractivity (Wildman–Crippen MR) is 56.5 cm³/mol. The Morgan fingerprint density at radius 2 is 1.89 bits per heavy atom. The lowest BCUT2D eigenvalue weighted by molar-refractivity contribution is -0.0528. The van der Waals surface area contributed by atoms with Crippen molar-refractivity contribution in [2.75, 3.05) is 0 Å². The van der Waals surface area contributed by atoms with Crippen LogP contribution >= 0.6 is 0 Å². The van der Waals surface area contributed by atoms with E-state index in [1.165, 1.54) is 6.08 Å². The van der Waals surface area contributed by atoms with E-state index >= 15 is 0 Å². The molecule has 4 atom stereocenters. The van der Waals surface area contributed by atoms with Gasteiger partial charge >= 0.3 is 15.6 Å². The zero-order valence-electron chi connectivity index (χ0n) is 9.22. The van der Waals surface area contributed by atoms with Crippen LogP contribution in [-0.2, 0) is 14.3 Å². The second kappa shape index (κ2) is 3.53. The Kier molecular flexibility index (Phi) is 2.36. The van der Waals surface area contributed by atoms with Gasteiger partial charge in [-0.3, -0.25) is 0 Å². The van der Waals surface area contributed by atoms with Crippen LogP contribution in [-0.4, -0.2) is 13.9 Å². The third-order valence-corrected chi connectivity index (χ3v) is 5.01. The van der Waals surface area contributed by atoms with E-state index in [0.29, 0.717) is 12.3 Å². The first-order valence-corrected chi connectivity index (χ1v) is 7.09. The van der Waals surface area contributed by atoms with Crippen molar-refractivity contribution in [1.29, 1.82) is 0 Å². The van der Waals surface area contributed by atoms with Gasteiger partial charge in [0.25, 0.3) is 0 Å². The van der Waals surface area contributed by atoms with E-state index in [1.54, 1.807) is 0 Å². The largest absolute Gasteiger partial charge is 0.534 e. The number of fused-ring (bicyclic) bond motifs is 5. The standard InChI is InChI=1S/C11H11F3O3S/c12-11(13,14)18(15,16)17-9-4-3-8-6-1-2-7(5-6)10(8)9/h1-2,4,6-8,10H,3,5H2/t6-,7+,8-,10+/m1/s1. The number of hydrogen-bond donors (Lipinski definition) is 0. The van der Waals surface area contributed by atoms with Crippen LogP contribution in [0.5, 0.6) is 0 Å². The summed E-state index contributed by atoms with van der Waals surface area (Å²) in [5, 5.41) is 0. The normalized spacial score (nSPS) is 37.8. The third-order valence-electron chi connectivity index (χ3n) is 4.03. The van der Waals surface area contributed by atoms with Crippen molar-refractivity contribution in [2.24, 2.45) is 23.7 Å². The van der Waals surface area contributed by atoms with E-state index < -0.39 is 15.6 Å². The van der Waals surface area contributed by atoms with Gasteiger partial charge in [0.1, 0.15) is 5.76 Å². The first-order chi connectivity index (χ1) is 8.29. The van der Waals surface area contributed by atoms with Gasteiger partial charge in [-0.15, -0.1) is 0 Å². The minimum atomic E-state index is -5.53. The average molecular weight is 280 g/mol. The molecule has 100 valence electrons. The molecule has 3 aliphatic carbocycles. The van der Waals surface area contributed by atoms with E-state index in [-0.39, 0.29) is 23.5 Å². The monoisotopic (exact) mass is 280 g/mol. The topological polar surface area (TPSA) is 43.4 Å². The number of alkyl halides is 3. The minimum absolute atomic E-state index is 0.0193. The molecule has 0 spiro atoms. The van der Waals surface area contributed by atoms with Gasteiger partial charge in [0.2, 0.25) is 0 Å². The molecule has 0 aromatic carbocycles. The van der Waals surface area contributed by atoms with Crippen LogP contribution in [0.1, 0.15) is 12.8 Å². The van der Waals surface area contributed by atoms with Crippen LogP contribution in [0.4, 0.5) is 13.2 Å². The van der Waals surface area contributed by atoms with Crippen molar-refractivity contribution in [1.82, 2.24) is 0 Å². The number of rotatable bonds is 2. The molecule has 0 unspecified atom stereocenters. The van der Waals surface area contributed by atoms with Gasteiger partial charge in [0, 0.05) is 5.92 Å². The highest BCUT2D eigenvalue weighted by Crippen LogP contribution is 2.56. The molecule has 18 heavy (non-hydrogen) atoms. The van der Waals surface area contributed by atoms with E-state index in [2.05, 4.69) is 10.3 Å². The van der Waals surface area contributed by atoms with Crippen LogP contribution in [0.15, 0.2) is 24.0 Å². The quantitative estimate of drug-likeness (QED) is 0.443. The maximum Gasteiger partial charge on any atom is 0.534 e. The minimum Gasteiger partial charge on any atom is -0.381 e. The van der Waals surface area contributed by atoms with Crippen molar-refractivity contribution in [3.63, 3.8) is 0 Å². The smallest absolute Gasteiger partial charge is 0.381 e. The molecule has 1 fully saturated rings. The summed E-state index contributed by atoms with van der Waals surface area (Å²) in [6.45, 7) is 0. The van der Waals surface area contributed by atoms with Crippen molar-refractivity contribution in [3.05, 3.63) is 24.0 Å². The number of hydrogen-bond acceptors (Lipinski definition) is 3. The molecule has 7 heteroatoms. The van der Waals surface area contributed by atoms with Crippen LogP contribution in [0.3, 0.4) is 0 Å². The van der Waals surface area contributed by atoms with Gasteiger partial charge in [0.15, 0.2) is 0 Å². The van der Waals surface area contributed by atoms with E-state index in [9.17, 15) is 21.6 Å².